The summed E-state index contributed by atoms with van der Waals surface area (Å²) in [6.45, 7) is 6.78. The molecule has 96 valence electrons. The van der Waals surface area contributed by atoms with Crippen LogP contribution in [0.1, 0.15) is 20.8 Å². The average Bonchev–Trinajstić information content (AvgIpc) is 2.25. The topological polar surface area (TPSA) is 63.4 Å². The van der Waals surface area contributed by atoms with Gasteiger partial charge in [0.1, 0.15) is 4.90 Å². The second kappa shape index (κ2) is 5.51. The first-order valence-electron chi connectivity index (χ1n) is 5.74. The Labute approximate surface area is 103 Å². The van der Waals surface area contributed by atoms with Gasteiger partial charge in [0, 0.05) is 13.1 Å². The van der Waals surface area contributed by atoms with Crippen molar-refractivity contribution >= 4 is 15.7 Å². The molecular weight excluding hydrogens is 236 g/mol. The lowest BCUT2D eigenvalue weighted by Gasteiger charge is -2.23. The first-order chi connectivity index (χ1) is 7.89. The number of anilines is 1. The van der Waals surface area contributed by atoms with E-state index in [-0.39, 0.29) is 10.8 Å². The van der Waals surface area contributed by atoms with Gasteiger partial charge in [-0.1, -0.05) is 32.9 Å². The molecule has 1 aromatic carbocycles. The maximum absolute atomic E-state index is 12.4. The smallest absolute Gasteiger partial charge is 0.245 e. The summed E-state index contributed by atoms with van der Waals surface area (Å²) in [7, 11) is -3.47. The largest absolute Gasteiger partial charge is 0.398 e. The third-order valence-corrected chi connectivity index (χ3v) is 4.47. The summed E-state index contributed by atoms with van der Waals surface area (Å²) in [5, 5.41) is 0. The van der Waals surface area contributed by atoms with Crippen LogP contribution in [0.15, 0.2) is 29.2 Å². The second-order valence-corrected chi connectivity index (χ2v) is 6.29. The number of rotatable bonds is 5. The highest BCUT2D eigenvalue weighted by Crippen LogP contribution is 2.22. The van der Waals surface area contributed by atoms with Crippen molar-refractivity contribution in [3.63, 3.8) is 0 Å². The standard InChI is InChI=1S/C12H20N2O2S/c1-4-14(9-10(2)3)17(15,16)12-8-6-5-7-11(12)13/h5-8,10H,4,9,13H2,1-3H3. The van der Waals surface area contributed by atoms with Gasteiger partial charge in [-0.2, -0.15) is 4.31 Å². The molecule has 1 aromatic rings. The van der Waals surface area contributed by atoms with Crippen molar-refractivity contribution in [2.45, 2.75) is 25.7 Å². The summed E-state index contributed by atoms with van der Waals surface area (Å²) in [5.41, 5.74) is 6.02. The molecule has 0 aliphatic rings. The maximum Gasteiger partial charge on any atom is 0.245 e. The van der Waals surface area contributed by atoms with E-state index < -0.39 is 10.0 Å². The van der Waals surface area contributed by atoms with E-state index in [1.807, 2.05) is 20.8 Å². The molecule has 4 nitrogen and oxygen atoms in total. The number of sulfonamides is 1. The van der Waals surface area contributed by atoms with E-state index in [4.69, 9.17) is 5.73 Å². The Morgan fingerprint density at radius 3 is 2.35 bits per heavy atom. The molecule has 0 aromatic heterocycles. The van der Waals surface area contributed by atoms with Gasteiger partial charge in [0.25, 0.3) is 0 Å². The molecule has 17 heavy (non-hydrogen) atoms. The molecule has 0 heterocycles. The Bertz CT molecular complexity index is 469. The van der Waals surface area contributed by atoms with Crippen LogP contribution >= 0.6 is 0 Å². The van der Waals surface area contributed by atoms with Crippen LogP contribution in [0, 0.1) is 5.92 Å². The Balaban J connectivity index is 3.14. The number of para-hydroxylation sites is 1. The summed E-state index contributed by atoms with van der Waals surface area (Å²) < 4.78 is 26.2. The Morgan fingerprint density at radius 2 is 1.88 bits per heavy atom. The molecule has 5 heteroatoms. The lowest BCUT2D eigenvalue weighted by Crippen LogP contribution is -2.34. The fourth-order valence-electron chi connectivity index (χ4n) is 1.66. The molecule has 0 amide bonds. The molecule has 0 unspecified atom stereocenters. The molecule has 1 rings (SSSR count). The third-order valence-electron chi connectivity index (χ3n) is 2.46. The fourth-order valence-corrected chi connectivity index (χ4v) is 3.39. The zero-order valence-corrected chi connectivity index (χ0v) is 11.4. The molecule has 0 aliphatic heterocycles. The Kier molecular flexibility index (Phi) is 4.54. The predicted octanol–water partition coefficient (Wildman–Crippen LogP) is 1.94. The summed E-state index contributed by atoms with van der Waals surface area (Å²) in [6, 6.07) is 6.57. The number of nitrogen functional groups attached to an aromatic ring is 1. The van der Waals surface area contributed by atoms with Crippen LogP contribution in [0.5, 0.6) is 0 Å². The summed E-state index contributed by atoms with van der Waals surface area (Å²) >= 11 is 0. The quantitative estimate of drug-likeness (QED) is 0.819. The summed E-state index contributed by atoms with van der Waals surface area (Å²) in [4.78, 5) is 0.197. The van der Waals surface area contributed by atoms with Crippen molar-refractivity contribution in [2.24, 2.45) is 5.92 Å². The molecule has 0 atom stereocenters. The second-order valence-electron chi connectivity index (χ2n) is 4.39. The van der Waals surface area contributed by atoms with E-state index in [0.717, 1.165) is 0 Å². The van der Waals surface area contributed by atoms with E-state index in [2.05, 4.69) is 0 Å². The van der Waals surface area contributed by atoms with Crippen molar-refractivity contribution in [2.75, 3.05) is 18.8 Å². The summed E-state index contributed by atoms with van der Waals surface area (Å²) in [5.74, 6) is 0.287. The number of nitrogens with zero attached hydrogens (tertiary/aromatic N) is 1. The maximum atomic E-state index is 12.4. The minimum absolute atomic E-state index is 0.197. The summed E-state index contributed by atoms with van der Waals surface area (Å²) in [6.07, 6.45) is 0. The first-order valence-corrected chi connectivity index (χ1v) is 7.18. The average molecular weight is 256 g/mol. The highest BCUT2D eigenvalue weighted by Gasteiger charge is 2.25. The van der Waals surface area contributed by atoms with Gasteiger partial charge in [0.05, 0.1) is 5.69 Å². The van der Waals surface area contributed by atoms with Crippen LogP contribution in [0.3, 0.4) is 0 Å². The van der Waals surface area contributed by atoms with Gasteiger partial charge < -0.3 is 5.73 Å². The molecular formula is C12H20N2O2S. The van der Waals surface area contributed by atoms with E-state index in [9.17, 15) is 8.42 Å². The van der Waals surface area contributed by atoms with Crippen LogP contribution in [0.4, 0.5) is 5.69 Å². The monoisotopic (exact) mass is 256 g/mol. The third kappa shape index (κ3) is 3.20. The highest BCUT2D eigenvalue weighted by molar-refractivity contribution is 7.89. The molecule has 2 N–H and O–H groups in total. The SMILES string of the molecule is CCN(CC(C)C)S(=O)(=O)c1ccccc1N. The van der Waals surface area contributed by atoms with Crippen LogP contribution in [-0.4, -0.2) is 25.8 Å². The fraction of sp³-hybridized carbons (Fsp3) is 0.500. The van der Waals surface area contributed by atoms with Crippen molar-refractivity contribution < 1.29 is 8.42 Å². The zero-order valence-electron chi connectivity index (χ0n) is 10.6. The molecule has 0 spiro atoms. The van der Waals surface area contributed by atoms with Gasteiger partial charge in [-0.3, -0.25) is 0 Å². The van der Waals surface area contributed by atoms with Crippen molar-refractivity contribution in [1.82, 2.24) is 4.31 Å². The van der Waals surface area contributed by atoms with Crippen LogP contribution < -0.4 is 5.73 Å². The van der Waals surface area contributed by atoms with Gasteiger partial charge in [0.2, 0.25) is 10.0 Å². The Morgan fingerprint density at radius 1 is 1.29 bits per heavy atom. The first kappa shape index (κ1) is 14.0. The molecule has 0 fully saturated rings. The lowest BCUT2D eigenvalue weighted by atomic mass is 10.2. The molecule has 0 bridgehead atoms. The Hall–Kier alpha value is -1.07. The molecule has 0 saturated heterocycles. The molecule has 0 aliphatic carbocycles. The van der Waals surface area contributed by atoms with Gasteiger partial charge in [-0.05, 0) is 18.1 Å². The van der Waals surface area contributed by atoms with Crippen LogP contribution in [-0.2, 0) is 10.0 Å². The normalized spacial score (nSPS) is 12.3. The van der Waals surface area contributed by atoms with Gasteiger partial charge in [0.15, 0.2) is 0 Å². The number of benzene rings is 1. The van der Waals surface area contributed by atoms with Crippen molar-refractivity contribution in [3.8, 4) is 0 Å². The van der Waals surface area contributed by atoms with Gasteiger partial charge in [-0.25, -0.2) is 8.42 Å². The van der Waals surface area contributed by atoms with Crippen LogP contribution in [0.25, 0.3) is 0 Å². The van der Waals surface area contributed by atoms with E-state index >= 15 is 0 Å². The van der Waals surface area contributed by atoms with Crippen LogP contribution in [0.2, 0.25) is 0 Å². The van der Waals surface area contributed by atoms with E-state index in [1.165, 1.54) is 4.31 Å². The van der Waals surface area contributed by atoms with E-state index in [1.54, 1.807) is 24.3 Å². The van der Waals surface area contributed by atoms with Crippen molar-refractivity contribution in [1.29, 1.82) is 0 Å². The lowest BCUT2D eigenvalue weighted by molar-refractivity contribution is 0.381. The minimum Gasteiger partial charge on any atom is -0.398 e. The number of hydrogen-bond donors (Lipinski definition) is 1. The van der Waals surface area contributed by atoms with Gasteiger partial charge >= 0.3 is 0 Å². The highest BCUT2D eigenvalue weighted by atomic mass is 32.2. The predicted molar refractivity (Wildman–Crippen MR) is 70.1 cm³/mol. The number of hydrogen-bond acceptors (Lipinski definition) is 3. The van der Waals surface area contributed by atoms with Gasteiger partial charge in [-0.15, -0.1) is 0 Å². The molecule has 0 saturated carbocycles. The number of nitrogens with two attached hydrogens (primary N) is 1. The van der Waals surface area contributed by atoms with E-state index in [0.29, 0.717) is 18.8 Å². The van der Waals surface area contributed by atoms with Crippen molar-refractivity contribution in [3.05, 3.63) is 24.3 Å². The zero-order chi connectivity index (χ0) is 13.1. The molecule has 0 radical (unpaired) electrons. The minimum atomic E-state index is -3.47.